The molecule has 0 spiro atoms. The highest BCUT2D eigenvalue weighted by molar-refractivity contribution is 6.03. The fourth-order valence-corrected chi connectivity index (χ4v) is 3.09. The van der Waals surface area contributed by atoms with E-state index in [9.17, 15) is 9.59 Å². The Morgan fingerprint density at radius 3 is 1.39 bits per heavy atom. The molecule has 0 bridgehead atoms. The number of carbonyl (C=O) groups is 3. The molecule has 1 rings (SSSR count). The van der Waals surface area contributed by atoms with E-state index in [0.717, 1.165) is 25.7 Å². The molecule has 0 aliphatic heterocycles. The maximum Gasteiger partial charge on any atom is 0.339 e. The van der Waals surface area contributed by atoms with Gasteiger partial charge in [-0.1, -0.05) is 90.2 Å². The monoisotopic (exact) mass is 435 g/mol. The van der Waals surface area contributed by atoms with Crippen LogP contribution in [0.25, 0.3) is 0 Å². The fourth-order valence-electron chi connectivity index (χ4n) is 3.09. The summed E-state index contributed by atoms with van der Waals surface area (Å²) in [6.07, 6.45) is 13.9. The zero-order valence-electron chi connectivity index (χ0n) is 19.4. The zero-order valence-corrected chi connectivity index (χ0v) is 19.4. The zero-order chi connectivity index (χ0) is 23.2. The highest BCUT2D eigenvalue weighted by Gasteiger charge is 2.18. The Hall–Kier alpha value is -2.37. The Kier molecular flexibility index (Phi) is 19.3. The van der Waals surface area contributed by atoms with Crippen LogP contribution in [0.3, 0.4) is 0 Å². The molecule has 0 saturated heterocycles. The average Bonchev–Trinajstić information content (AvgIpc) is 2.78. The first-order valence-corrected chi connectivity index (χ1v) is 11.7. The largest absolute Gasteiger partial charge is 0.462 e. The molecule has 0 aliphatic carbocycles. The number of rotatable bonds is 16. The lowest BCUT2D eigenvalue weighted by atomic mass is 10.1. The van der Waals surface area contributed by atoms with Crippen molar-refractivity contribution in [1.82, 2.24) is 0 Å². The van der Waals surface area contributed by atoms with Crippen LogP contribution in [0, 0.1) is 0 Å². The van der Waals surface area contributed by atoms with Crippen molar-refractivity contribution < 1.29 is 23.9 Å². The van der Waals surface area contributed by atoms with Crippen LogP contribution in [0.2, 0.25) is 0 Å². The third-order valence-electron chi connectivity index (χ3n) is 4.83. The van der Waals surface area contributed by atoms with Crippen LogP contribution in [-0.2, 0) is 14.3 Å². The van der Waals surface area contributed by atoms with E-state index in [1.54, 1.807) is 24.3 Å². The van der Waals surface area contributed by atoms with E-state index in [-0.39, 0.29) is 6.41 Å². The smallest absolute Gasteiger partial charge is 0.339 e. The first-order chi connectivity index (χ1) is 15.1. The molecule has 0 unspecified atom stereocenters. The van der Waals surface area contributed by atoms with Gasteiger partial charge in [-0.3, -0.25) is 4.79 Å². The Balaban J connectivity index is 0.00000282. The lowest BCUT2D eigenvalue weighted by Gasteiger charge is -2.10. The van der Waals surface area contributed by atoms with Crippen molar-refractivity contribution in [3.05, 3.63) is 35.4 Å². The van der Waals surface area contributed by atoms with Crippen LogP contribution in [-0.4, -0.2) is 31.6 Å². The number of nitrogens with two attached hydrogens (primary N) is 1. The standard InChI is InChI=1S/C24H38O4.CH3NO/c1-3-5-7-9-11-15-19-27-23(25)21-17-13-14-18-22(21)24(26)28-20-16-12-10-8-6-4-2;2-1-3/h13-14,17-18H,3-12,15-16,19-20H2,1-2H3;1H,(H2,2,3). The van der Waals surface area contributed by atoms with Crippen LogP contribution in [0.1, 0.15) is 112 Å². The van der Waals surface area contributed by atoms with Gasteiger partial charge in [0.05, 0.1) is 24.3 Å². The summed E-state index contributed by atoms with van der Waals surface area (Å²) in [4.78, 5) is 33.3. The van der Waals surface area contributed by atoms with Gasteiger partial charge in [0.2, 0.25) is 6.41 Å². The molecule has 6 heteroatoms. The van der Waals surface area contributed by atoms with Crippen LogP contribution in [0.4, 0.5) is 0 Å². The molecule has 6 nitrogen and oxygen atoms in total. The summed E-state index contributed by atoms with van der Waals surface area (Å²) in [6.45, 7) is 5.17. The average molecular weight is 436 g/mol. The Morgan fingerprint density at radius 2 is 1.03 bits per heavy atom. The molecule has 0 aromatic heterocycles. The molecule has 1 amide bonds. The predicted octanol–water partition coefficient (Wildman–Crippen LogP) is 5.82. The van der Waals surface area contributed by atoms with Gasteiger partial charge in [0, 0.05) is 0 Å². The van der Waals surface area contributed by atoms with E-state index in [0.29, 0.717) is 24.3 Å². The van der Waals surface area contributed by atoms with Crippen molar-refractivity contribution in [2.45, 2.75) is 90.9 Å². The van der Waals surface area contributed by atoms with Crippen molar-refractivity contribution >= 4 is 18.3 Å². The Labute approximate surface area is 187 Å². The number of primary amides is 1. The van der Waals surface area contributed by atoms with Crippen LogP contribution in [0.5, 0.6) is 0 Å². The SMILES string of the molecule is CCCCCCCCOC(=O)c1ccccc1C(=O)OCCCCCCCC.NC=O. The lowest BCUT2D eigenvalue weighted by Crippen LogP contribution is -2.15. The van der Waals surface area contributed by atoms with Gasteiger partial charge in [0.25, 0.3) is 0 Å². The third-order valence-corrected chi connectivity index (χ3v) is 4.83. The number of amides is 1. The molecule has 0 fully saturated rings. The van der Waals surface area contributed by atoms with Gasteiger partial charge < -0.3 is 15.2 Å². The Morgan fingerprint density at radius 1 is 0.710 bits per heavy atom. The molecule has 1 aromatic rings. The molecule has 2 N–H and O–H groups in total. The van der Waals surface area contributed by atoms with E-state index in [4.69, 9.17) is 14.3 Å². The highest BCUT2D eigenvalue weighted by Crippen LogP contribution is 2.14. The maximum absolute atomic E-state index is 12.4. The number of ether oxygens (including phenoxy) is 2. The molecule has 176 valence electrons. The molecule has 0 heterocycles. The van der Waals surface area contributed by atoms with Crippen molar-refractivity contribution in [3.63, 3.8) is 0 Å². The summed E-state index contributed by atoms with van der Waals surface area (Å²) in [6, 6.07) is 6.74. The molecule has 0 radical (unpaired) electrons. The first-order valence-electron chi connectivity index (χ1n) is 11.7. The number of carbonyl (C=O) groups excluding carboxylic acids is 3. The molecule has 0 saturated carbocycles. The van der Waals surface area contributed by atoms with Crippen LogP contribution < -0.4 is 5.73 Å². The lowest BCUT2D eigenvalue weighted by molar-refractivity contribution is -0.106. The topological polar surface area (TPSA) is 95.7 Å². The quantitative estimate of drug-likeness (QED) is 0.200. The van der Waals surface area contributed by atoms with Crippen molar-refractivity contribution in [1.29, 1.82) is 0 Å². The summed E-state index contributed by atoms with van der Waals surface area (Å²) in [5.74, 6) is -0.888. The maximum atomic E-state index is 12.4. The van der Waals surface area contributed by atoms with Gasteiger partial charge in [0.15, 0.2) is 0 Å². The normalized spacial score (nSPS) is 10.0. The first kappa shape index (κ1) is 28.6. The minimum Gasteiger partial charge on any atom is -0.462 e. The number of hydrogen-bond donors (Lipinski definition) is 1. The molecular weight excluding hydrogens is 394 g/mol. The summed E-state index contributed by atoms with van der Waals surface area (Å²) in [5.41, 5.74) is 4.75. The Bertz CT molecular complexity index is 554. The fraction of sp³-hybridized carbons (Fsp3) is 0.640. The summed E-state index contributed by atoms with van der Waals surface area (Å²) in [5, 5.41) is 0. The van der Waals surface area contributed by atoms with E-state index >= 15 is 0 Å². The molecular formula is C25H41NO5. The number of esters is 2. The minimum atomic E-state index is -0.444. The summed E-state index contributed by atoms with van der Waals surface area (Å²) < 4.78 is 10.7. The van der Waals surface area contributed by atoms with Gasteiger partial charge in [-0.25, -0.2) is 9.59 Å². The molecule has 31 heavy (non-hydrogen) atoms. The number of unbranched alkanes of at least 4 members (excludes halogenated alkanes) is 10. The van der Waals surface area contributed by atoms with Crippen molar-refractivity contribution in [3.8, 4) is 0 Å². The molecule has 0 atom stereocenters. The van der Waals surface area contributed by atoms with Crippen molar-refractivity contribution in [2.24, 2.45) is 5.73 Å². The summed E-state index contributed by atoms with van der Waals surface area (Å²) >= 11 is 0. The second kappa shape index (κ2) is 20.9. The van der Waals surface area contributed by atoms with Gasteiger partial charge in [-0.2, -0.15) is 0 Å². The van der Waals surface area contributed by atoms with E-state index < -0.39 is 11.9 Å². The van der Waals surface area contributed by atoms with E-state index in [1.165, 1.54) is 51.4 Å². The number of benzene rings is 1. The van der Waals surface area contributed by atoms with E-state index in [2.05, 4.69) is 19.6 Å². The van der Waals surface area contributed by atoms with Gasteiger partial charge in [-0.15, -0.1) is 0 Å². The van der Waals surface area contributed by atoms with Gasteiger partial charge >= 0.3 is 11.9 Å². The minimum absolute atomic E-state index is 0.250. The van der Waals surface area contributed by atoms with Crippen LogP contribution in [0.15, 0.2) is 24.3 Å². The molecule has 0 aliphatic rings. The van der Waals surface area contributed by atoms with Gasteiger partial charge in [0.1, 0.15) is 0 Å². The molecule has 1 aromatic carbocycles. The second-order valence-electron chi connectivity index (χ2n) is 7.49. The third kappa shape index (κ3) is 15.1. The van der Waals surface area contributed by atoms with E-state index in [1.807, 2.05) is 0 Å². The predicted molar refractivity (Wildman–Crippen MR) is 124 cm³/mol. The highest BCUT2D eigenvalue weighted by atomic mass is 16.5. The van der Waals surface area contributed by atoms with Crippen LogP contribution >= 0.6 is 0 Å². The number of hydrogen-bond acceptors (Lipinski definition) is 5. The second-order valence-corrected chi connectivity index (χ2v) is 7.49. The summed E-state index contributed by atoms with van der Waals surface area (Å²) in [7, 11) is 0. The van der Waals surface area contributed by atoms with Gasteiger partial charge in [-0.05, 0) is 25.0 Å². The van der Waals surface area contributed by atoms with Crippen molar-refractivity contribution in [2.75, 3.05) is 13.2 Å².